The van der Waals surface area contributed by atoms with Crippen molar-refractivity contribution >= 4 is 5.91 Å². The Morgan fingerprint density at radius 1 is 1.38 bits per heavy atom. The molecule has 0 unspecified atom stereocenters. The van der Waals surface area contributed by atoms with Crippen molar-refractivity contribution in [2.24, 2.45) is 5.92 Å². The molecule has 0 radical (unpaired) electrons. The summed E-state index contributed by atoms with van der Waals surface area (Å²) in [5.41, 5.74) is 0. The first-order chi connectivity index (χ1) is 6.31. The molecule has 0 spiro atoms. The van der Waals surface area contributed by atoms with E-state index in [-0.39, 0.29) is 0 Å². The molecule has 0 aromatic carbocycles. The number of carbonyl (C=O) groups is 1. The van der Waals surface area contributed by atoms with Crippen LogP contribution in [0, 0.1) is 5.92 Å². The number of hydrogen-bond acceptors (Lipinski definition) is 2. The van der Waals surface area contributed by atoms with Crippen LogP contribution in [0.25, 0.3) is 0 Å². The lowest BCUT2D eigenvalue weighted by atomic mass is 9.84. The van der Waals surface area contributed by atoms with Crippen LogP contribution in [0.3, 0.4) is 0 Å². The van der Waals surface area contributed by atoms with Crippen molar-refractivity contribution in [2.75, 3.05) is 20.1 Å². The maximum absolute atomic E-state index is 11.8. The Hall–Kier alpha value is -0.570. The van der Waals surface area contributed by atoms with Crippen LogP contribution < -0.4 is 5.32 Å². The van der Waals surface area contributed by atoms with E-state index in [1.807, 2.05) is 11.9 Å². The van der Waals surface area contributed by atoms with Crippen molar-refractivity contribution in [1.82, 2.24) is 10.2 Å². The van der Waals surface area contributed by atoms with Gasteiger partial charge in [0.1, 0.15) is 0 Å². The van der Waals surface area contributed by atoms with Gasteiger partial charge in [-0.1, -0.05) is 6.42 Å². The zero-order valence-electron chi connectivity index (χ0n) is 8.25. The lowest BCUT2D eigenvalue weighted by Crippen LogP contribution is -2.39. The number of nitrogens with zero attached hydrogens (tertiary/aromatic N) is 1. The molecular weight excluding hydrogens is 164 g/mol. The molecule has 2 aliphatic rings. The third kappa shape index (κ3) is 1.70. The second-order valence-electron chi connectivity index (χ2n) is 4.19. The molecule has 1 saturated heterocycles. The zero-order chi connectivity index (χ0) is 9.26. The first-order valence-electron chi connectivity index (χ1n) is 5.27. The molecule has 1 aliphatic carbocycles. The van der Waals surface area contributed by atoms with E-state index in [9.17, 15) is 4.79 Å². The number of amides is 1. The van der Waals surface area contributed by atoms with Gasteiger partial charge in [0.25, 0.3) is 0 Å². The number of carbonyl (C=O) groups excluding carboxylic acids is 1. The molecule has 1 saturated carbocycles. The minimum atomic E-state index is 0.371. The van der Waals surface area contributed by atoms with Gasteiger partial charge in [0.2, 0.25) is 5.91 Å². The summed E-state index contributed by atoms with van der Waals surface area (Å²) in [6, 6.07) is 0.532. The van der Waals surface area contributed by atoms with E-state index in [4.69, 9.17) is 0 Å². The molecule has 13 heavy (non-hydrogen) atoms. The van der Waals surface area contributed by atoms with Crippen molar-refractivity contribution < 1.29 is 4.79 Å². The maximum atomic E-state index is 11.8. The number of likely N-dealkylation sites (N-methyl/N-ethyl adjacent to an activating group) is 1. The van der Waals surface area contributed by atoms with Crippen LogP contribution in [0.4, 0.5) is 0 Å². The quantitative estimate of drug-likeness (QED) is 0.678. The van der Waals surface area contributed by atoms with Gasteiger partial charge in [-0.25, -0.2) is 0 Å². The molecule has 1 N–H and O–H groups in total. The summed E-state index contributed by atoms with van der Waals surface area (Å²) in [5.74, 6) is 0.777. The van der Waals surface area contributed by atoms with Crippen LogP contribution in [0.5, 0.6) is 0 Å². The number of nitrogens with one attached hydrogen (secondary N) is 1. The fourth-order valence-corrected chi connectivity index (χ4v) is 2.11. The molecule has 0 aromatic heterocycles. The summed E-state index contributed by atoms with van der Waals surface area (Å²) in [6.07, 6.45) is 4.62. The van der Waals surface area contributed by atoms with Crippen molar-refractivity contribution in [3.63, 3.8) is 0 Å². The first-order valence-corrected chi connectivity index (χ1v) is 5.27. The van der Waals surface area contributed by atoms with Crippen molar-refractivity contribution in [3.05, 3.63) is 0 Å². The molecule has 1 aliphatic heterocycles. The van der Waals surface area contributed by atoms with Crippen LogP contribution in [0.1, 0.15) is 25.7 Å². The topological polar surface area (TPSA) is 32.3 Å². The van der Waals surface area contributed by atoms with E-state index >= 15 is 0 Å². The second kappa shape index (κ2) is 3.66. The van der Waals surface area contributed by atoms with Gasteiger partial charge < -0.3 is 10.2 Å². The molecule has 1 atom stereocenters. The summed E-state index contributed by atoms with van der Waals surface area (Å²) in [7, 11) is 1.97. The third-order valence-electron chi connectivity index (χ3n) is 3.36. The highest BCUT2D eigenvalue weighted by Crippen LogP contribution is 2.29. The molecule has 0 aromatic rings. The Balaban J connectivity index is 1.84. The molecule has 74 valence electrons. The highest BCUT2D eigenvalue weighted by molar-refractivity contribution is 5.79. The van der Waals surface area contributed by atoms with Crippen molar-refractivity contribution in [3.8, 4) is 0 Å². The van der Waals surface area contributed by atoms with Gasteiger partial charge in [-0.3, -0.25) is 4.79 Å². The Labute approximate surface area is 79.5 Å². The van der Waals surface area contributed by atoms with Crippen molar-refractivity contribution in [1.29, 1.82) is 0 Å². The minimum Gasteiger partial charge on any atom is -0.341 e. The van der Waals surface area contributed by atoms with Gasteiger partial charge in [-0.15, -0.1) is 0 Å². The largest absolute Gasteiger partial charge is 0.341 e. The standard InChI is InChI=1S/C10H18N2O/c1-11-9-5-6-12(7-9)10(13)8-3-2-4-8/h8-9,11H,2-7H2,1H3/t9-/m0/s1. The Morgan fingerprint density at radius 3 is 2.62 bits per heavy atom. The molecular formula is C10H18N2O. The minimum absolute atomic E-state index is 0.371. The fraction of sp³-hybridized carbons (Fsp3) is 0.900. The average Bonchev–Trinajstić information content (AvgIpc) is 2.48. The van der Waals surface area contributed by atoms with Gasteiger partial charge in [-0.2, -0.15) is 0 Å². The monoisotopic (exact) mass is 182 g/mol. The number of rotatable bonds is 2. The third-order valence-corrected chi connectivity index (χ3v) is 3.36. The molecule has 0 bridgehead atoms. The maximum Gasteiger partial charge on any atom is 0.225 e. The van der Waals surface area contributed by atoms with E-state index < -0.39 is 0 Å². The Bertz CT molecular complexity index is 201. The number of likely N-dealkylation sites (tertiary alicyclic amines) is 1. The molecule has 2 rings (SSSR count). The summed E-state index contributed by atoms with van der Waals surface area (Å²) >= 11 is 0. The van der Waals surface area contributed by atoms with Gasteiger partial charge >= 0.3 is 0 Å². The van der Waals surface area contributed by atoms with Gasteiger partial charge in [-0.05, 0) is 26.3 Å². The van der Waals surface area contributed by atoms with Crippen LogP contribution in [-0.4, -0.2) is 37.0 Å². The van der Waals surface area contributed by atoms with E-state index in [0.717, 1.165) is 32.4 Å². The van der Waals surface area contributed by atoms with E-state index in [0.29, 0.717) is 17.9 Å². The van der Waals surface area contributed by atoms with Gasteiger partial charge in [0, 0.05) is 25.0 Å². The lowest BCUT2D eigenvalue weighted by Gasteiger charge is -2.29. The summed E-state index contributed by atoms with van der Waals surface area (Å²) in [5, 5.41) is 3.23. The van der Waals surface area contributed by atoms with Gasteiger partial charge in [0.05, 0.1) is 0 Å². The summed E-state index contributed by atoms with van der Waals surface area (Å²) < 4.78 is 0. The molecule has 3 heteroatoms. The van der Waals surface area contributed by atoms with Crippen LogP contribution in [-0.2, 0) is 4.79 Å². The molecule has 1 amide bonds. The van der Waals surface area contributed by atoms with Crippen LogP contribution in [0.2, 0.25) is 0 Å². The number of hydrogen-bond donors (Lipinski definition) is 1. The zero-order valence-corrected chi connectivity index (χ0v) is 8.25. The van der Waals surface area contributed by atoms with Crippen molar-refractivity contribution in [2.45, 2.75) is 31.7 Å². The lowest BCUT2D eigenvalue weighted by molar-refractivity contribution is -0.137. The smallest absolute Gasteiger partial charge is 0.225 e. The highest BCUT2D eigenvalue weighted by Gasteiger charge is 2.32. The summed E-state index contributed by atoms with van der Waals surface area (Å²) in [6.45, 7) is 1.88. The summed E-state index contributed by atoms with van der Waals surface area (Å²) in [4.78, 5) is 13.8. The average molecular weight is 182 g/mol. The SMILES string of the molecule is CN[C@H]1CCN(C(=O)C2CCC2)C1. The molecule has 3 nitrogen and oxygen atoms in total. The Kier molecular flexibility index (Phi) is 2.54. The fourth-order valence-electron chi connectivity index (χ4n) is 2.11. The van der Waals surface area contributed by atoms with Crippen LogP contribution >= 0.6 is 0 Å². The normalized spacial score (nSPS) is 29.0. The predicted octanol–water partition coefficient (Wildman–Crippen LogP) is 0.607. The molecule has 2 fully saturated rings. The predicted molar refractivity (Wildman–Crippen MR) is 51.4 cm³/mol. The first kappa shape index (κ1) is 9.00. The van der Waals surface area contributed by atoms with Crippen LogP contribution in [0.15, 0.2) is 0 Å². The highest BCUT2D eigenvalue weighted by atomic mass is 16.2. The second-order valence-corrected chi connectivity index (χ2v) is 4.19. The molecule has 1 heterocycles. The van der Waals surface area contributed by atoms with E-state index in [1.165, 1.54) is 6.42 Å². The van der Waals surface area contributed by atoms with E-state index in [2.05, 4.69) is 5.32 Å². The Morgan fingerprint density at radius 2 is 2.15 bits per heavy atom. The van der Waals surface area contributed by atoms with Gasteiger partial charge in [0.15, 0.2) is 0 Å². The van der Waals surface area contributed by atoms with E-state index in [1.54, 1.807) is 0 Å².